The van der Waals surface area contributed by atoms with Crippen LogP contribution in [0.4, 0.5) is 11.6 Å². The standard InChI is InChI=1S/C17H32N4/c1-7-10-18-16-14(6)17(20-12-19-16)21(11-13(4)5)15(8-2)9-3/h12-13,15H,7-11H2,1-6H3,(H,18,19,20). The zero-order chi connectivity index (χ0) is 15.8. The summed E-state index contributed by atoms with van der Waals surface area (Å²) in [5, 5.41) is 3.41. The van der Waals surface area contributed by atoms with Gasteiger partial charge < -0.3 is 10.2 Å². The second kappa shape index (κ2) is 8.85. The van der Waals surface area contributed by atoms with E-state index >= 15 is 0 Å². The molecule has 0 aliphatic rings. The first-order valence-corrected chi connectivity index (χ1v) is 8.37. The van der Waals surface area contributed by atoms with Crippen molar-refractivity contribution in [3.63, 3.8) is 0 Å². The first-order valence-electron chi connectivity index (χ1n) is 8.37. The van der Waals surface area contributed by atoms with Gasteiger partial charge in [0.2, 0.25) is 0 Å². The minimum Gasteiger partial charge on any atom is -0.370 e. The van der Waals surface area contributed by atoms with Gasteiger partial charge in [-0.2, -0.15) is 0 Å². The number of anilines is 2. The zero-order valence-electron chi connectivity index (χ0n) is 14.6. The van der Waals surface area contributed by atoms with Crippen molar-refractivity contribution < 1.29 is 0 Å². The first-order chi connectivity index (χ1) is 10.0. The van der Waals surface area contributed by atoms with E-state index in [1.54, 1.807) is 6.33 Å². The van der Waals surface area contributed by atoms with E-state index in [1.807, 2.05) is 0 Å². The molecule has 1 rings (SSSR count). The highest BCUT2D eigenvalue weighted by Gasteiger charge is 2.21. The molecule has 4 heteroatoms. The van der Waals surface area contributed by atoms with E-state index < -0.39 is 0 Å². The average molecular weight is 292 g/mol. The highest BCUT2D eigenvalue weighted by atomic mass is 15.2. The van der Waals surface area contributed by atoms with Gasteiger partial charge in [0.1, 0.15) is 18.0 Å². The Balaban J connectivity index is 3.11. The molecule has 0 spiro atoms. The van der Waals surface area contributed by atoms with Gasteiger partial charge in [-0.25, -0.2) is 9.97 Å². The average Bonchev–Trinajstić information content (AvgIpc) is 2.46. The molecule has 0 amide bonds. The fourth-order valence-corrected chi connectivity index (χ4v) is 2.68. The quantitative estimate of drug-likeness (QED) is 0.738. The third kappa shape index (κ3) is 4.87. The van der Waals surface area contributed by atoms with Gasteiger partial charge in [0, 0.05) is 24.7 Å². The maximum Gasteiger partial charge on any atom is 0.137 e. The summed E-state index contributed by atoms with van der Waals surface area (Å²) in [5.74, 6) is 2.68. The Morgan fingerprint density at radius 2 is 1.81 bits per heavy atom. The van der Waals surface area contributed by atoms with Gasteiger partial charge in [0.15, 0.2) is 0 Å². The Morgan fingerprint density at radius 1 is 1.14 bits per heavy atom. The normalized spacial score (nSPS) is 11.2. The zero-order valence-corrected chi connectivity index (χ0v) is 14.6. The van der Waals surface area contributed by atoms with Crippen LogP contribution in [0.2, 0.25) is 0 Å². The van der Waals surface area contributed by atoms with Gasteiger partial charge in [-0.3, -0.25) is 0 Å². The summed E-state index contributed by atoms with van der Waals surface area (Å²) >= 11 is 0. The Labute approximate surface area is 130 Å². The molecule has 0 aliphatic heterocycles. The van der Waals surface area contributed by atoms with Crippen LogP contribution >= 0.6 is 0 Å². The topological polar surface area (TPSA) is 41.1 Å². The Bertz CT molecular complexity index is 413. The van der Waals surface area contributed by atoms with Crippen molar-refractivity contribution in [3.05, 3.63) is 11.9 Å². The molecule has 0 aliphatic carbocycles. The van der Waals surface area contributed by atoms with Crippen LogP contribution < -0.4 is 10.2 Å². The number of hydrogen-bond acceptors (Lipinski definition) is 4. The number of nitrogens with one attached hydrogen (secondary N) is 1. The molecule has 0 atom stereocenters. The molecule has 0 aromatic carbocycles. The molecular weight excluding hydrogens is 260 g/mol. The molecule has 0 saturated carbocycles. The molecule has 0 unspecified atom stereocenters. The van der Waals surface area contributed by atoms with Gasteiger partial charge in [0.05, 0.1) is 0 Å². The Morgan fingerprint density at radius 3 is 2.33 bits per heavy atom. The molecule has 0 radical (unpaired) electrons. The SMILES string of the molecule is CCCNc1ncnc(N(CC(C)C)C(CC)CC)c1C. The highest BCUT2D eigenvalue weighted by Crippen LogP contribution is 2.26. The minimum atomic E-state index is 0.542. The maximum absolute atomic E-state index is 4.59. The van der Waals surface area contributed by atoms with Gasteiger partial charge in [-0.15, -0.1) is 0 Å². The van der Waals surface area contributed by atoms with Crippen LogP contribution in [0.5, 0.6) is 0 Å². The van der Waals surface area contributed by atoms with Gasteiger partial charge >= 0.3 is 0 Å². The monoisotopic (exact) mass is 292 g/mol. The van der Waals surface area contributed by atoms with E-state index in [-0.39, 0.29) is 0 Å². The summed E-state index contributed by atoms with van der Waals surface area (Å²) in [5.41, 5.74) is 1.17. The Kier molecular flexibility index (Phi) is 7.48. The predicted octanol–water partition coefficient (Wildman–Crippen LogP) is 4.26. The van der Waals surface area contributed by atoms with Crippen LogP contribution in [0.15, 0.2) is 6.33 Å². The molecule has 0 bridgehead atoms. The molecule has 0 fully saturated rings. The van der Waals surface area contributed by atoms with Crippen LogP contribution in [0.1, 0.15) is 59.4 Å². The smallest absolute Gasteiger partial charge is 0.137 e. The van der Waals surface area contributed by atoms with Crippen molar-refractivity contribution in [2.45, 2.75) is 66.8 Å². The van der Waals surface area contributed by atoms with Crippen LogP contribution in [0.25, 0.3) is 0 Å². The fourth-order valence-electron chi connectivity index (χ4n) is 2.68. The van der Waals surface area contributed by atoms with Crippen LogP contribution in [0.3, 0.4) is 0 Å². The molecule has 120 valence electrons. The van der Waals surface area contributed by atoms with Gasteiger partial charge in [0.25, 0.3) is 0 Å². The van der Waals surface area contributed by atoms with Crippen molar-refractivity contribution in [2.24, 2.45) is 5.92 Å². The maximum atomic E-state index is 4.59. The van der Waals surface area contributed by atoms with E-state index in [1.165, 1.54) is 5.56 Å². The van der Waals surface area contributed by atoms with Crippen LogP contribution in [0, 0.1) is 12.8 Å². The largest absolute Gasteiger partial charge is 0.370 e. The van der Waals surface area contributed by atoms with Crippen LogP contribution in [-0.2, 0) is 0 Å². The second-order valence-corrected chi connectivity index (χ2v) is 6.11. The van der Waals surface area contributed by atoms with E-state index in [0.717, 1.165) is 44.0 Å². The molecule has 21 heavy (non-hydrogen) atoms. The summed E-state index contributed by atoms with van der Waals surface area (Å²) in [6.45, 7) is 15.3. The van der Waals surface area contributed by atoms with Crippen molar-refractivity contribution >= 4 is 11.6 Å². The van der Waals surface area contributed by atoms with E-state index in [9.17, 15) is 0 Å². The molecule has 1 N–H and O–H groups in total. The van der Waals surface area contributed by atoms with Gasteiger partial charge in [-0.1, -0.05) is 34.6 Å². The third-order valence-corrected chi connectivity index (χ3v) is 3.82. The number of hydrogen-bond donors (Lipinski definition) is 1. The minimum absolute atomic E-state index is 0.542. The number of nitrogens with zero attached hydrogens (tertiary/aromatic N) is 3. The highest BCUT2D eigenvalue weighted by molar-refractivity contribution is 5.58. The molecule has 1 heterocycles. The molecule has 4 nitrogen and oxygen atoms in total. The summed E-state index contributed by atoms with van der Waals surface area (Å²) in [6.07, 6.45) is 5.08. The van der Waals surface area contributed by atoms with Crippen molar-refractivity contribution in [1.29, 1.82) is 0 Å². The van der Waals surface area contributed by atoms with E-state index in [2.05, 4.69) is 61.7 Å². The lowest BCUT2D eigenvalue weighted by Gasteiger charge is -2.34. The van der Waals surface area contributed by atoms with Crippen LogP contribution in [-0.4, -0.2) is 29.1 Å². The first kappa shape index (κ1) is 17.7. The van der Waals surface area contributed by atoms with Crippen molar-refractivity contribution in [3.8, 4) is 0 Å². The number of rotatable bonds is 9. The predicted molar refractivity (Wildman–Crippen MR) is 92.1 cm³/mol. The van der Waals surface area contributed by atoms with E-state index in [0.29, 0.717) is 12.0 Å². The molecule has 0 saturated heterocycles. The Hall–Kier alpha value is -1.32. The van der Waals surface area contributed by atoms with Gasteiger partial charge in [-0.05, 0) is 32.1 Å². The lowest BCUT2D eigenvalue weighted by Crippen LogP contribution is -2.38. The molecule has 1 aromatic rings. The van der Waals surface area contributed by atoms with Crippen molar-refractivity contribution in [2.75, 3.05) is 23.3 Å². The molecular formula is C17H32N4. The van der Waals surface area contributed by atoms with Crippen molar-refractivity contribution in [1.82, 2.24) is 9.97 Å². The summed E-state index contributed by atoms with van der Waals surface area (Å²) in [4.78, 5) is 11.5. The lowest BCUT2D eigenvalue weighted by atomic mass is 10.1. The van der Waals surface area contributed by atoms with E-state index in [4.69, 9.17) is 0 Å². The summed E-state index contributed by atoms with van der Waals surface area (Å²) in [7, 11) is 0. The summed E-state index contributed by atoms with van der Waals surface area (Å²) in [6, 6.07) is 0.542. The summed E-state index contributed by atoms with van der Waals surface area (Å²) < 4.78 is 0. The third-order valence-electron chi connectivity index (χ3n) is 3.82. The second-order valence-electron chi connectivity index (χ2n) is 6.11. The fraction of sp³-hybridized carbons (Fsp3) is 0.765. The molecule has 1 aromatic heterocycles. The lowest BCUT2D eigenvalue weighted by molar-refractivity contribution is 0.502. The number of aromatic nitrogens is 2.